The number of carbonyl (C=O) groups is 2. The minimum absolute atomic E-state index is 0.0685. The summed E-state index contributed by atoms with van der Waals surface area (Å²) in [4.78, 5) is 27.0. The van der Waals surface area contributed by atoms with Gasteiger partial charge in [0, 0.05) is 25.2 Å². The summed E-state index contributed by atoms with van der Waals surface area (Å²) in [5, 5.41) is 2.91. The van der Waals surface area contributed by atoms with Crippen LogP contribution in [0.4, 0.5) is 11.4 Å². The van der Waals surface area contributed by atoms with Gasteiger partial charge in [-0.2, -0.15) is 0 Å². The summed E-state index contributed by atoms with van der Waals surface area (Å²) in [7, 11) is -3.26. The summed E-state index contributed by atoms with van der Waals surface area (Å²) in [5.74, 6) is -0.0892. The Kier molecular flexibility index (Phi) is 5.67. The number of carbonyl (C=O) groups excluding carboxylic acids is 2. The number of anilines is 2. The van der Waals surface area contributed by atoms with E-state index < -0.39 is 10.0 Å². The molecule has 1 atom stereocenters. The molecule has 2 amide bonds. The van der Waals surface area contributed by atoms with Gasteiger partial charge in [0.15, 0.2) is 0 Å². The molecule has 2 fully saturated rings. The minimum atomic E-state index is -3.26. The number of sulfonamides is 1. The zero-order chi connectivity index (χ0) is 20.6. The molecule has 7 nitrogen and oxygen atoms in total. The van der Waals surface area contributed by atoms with Crippen LogP contribution in [0.5, 0.6) is 0 Å². The van der Waals surface area contributed by atoms with Gasteiger partial charge in [0.25, 0.3) is 5.91 Å². The van der Waals surface area contributed by atoms with Crippen LogP contribution < -0.4 is 14.5 Å². The number of amides is 2. The van der Waals surface area contributed by atoms with Crippen LogP contribution in [0.1, 0.15) is 28.9 Å². The van der Waals surface area contributed by atoms with Crippen molar-refractivity contribution in [2.24, 2.45) is 0 Å². The van der Waals surface area contributed by atoms with E-state index in [0.717, 1.165) is 10.2 Å². The lowest BCUT2D eigenvalue weighted by molar-refractivity contribution is -0.117. The zero-order valence-corrected chi connectivity index (χ0v) is 18.7. The van der Waals surface area contributed by atoms with E-state index in [1.807, 2.05) is 6.07 Å². The number of nitrogens with zero attached hydrogens (tertiary/aromatic N) is 2. The molecule has 2 aliphatic rings. The molecule has 4 rings (SSSR count). The van der Waals surface area contributed by atoms with Crippen molar-refractivity contribution >= 4 is 60.5 Å². The smallest absolute Gasteiger partial charge is 0.261 e. The third kappa shape index (κ3) is 4.34. The number of thiophene rings is 1. The summed E-state index contributed by atoms with van der Waals surface area (Å²) in [6.07, 6.45) is 1.77. The normalized spacial score (nSPS) is 21.4. The van der Waals surface area contributed by atoms with Crippen LogP contribution in [0.3, 0.4) is 0 Å². The summed E-state index contributed by atoms with van der Waals surface area (Å²) in [6.45, 7) is 0.871. The molecule has 2 aromatic rings. The molecule has 0 unspecified atom stereocenters. The van der Waals surface area contributed by atoms with Crippen LogP contribution in [0, 0.1) is 0 Å². The minimum Gasteiger partial charge on any atom is -0.346 e. The first-order valence-electron chi connectivity index (χ1n) is 9.30. The van der Waals surface area contributed by atoms with Gasteiger partial charge in [-0.05, 0) is 65.2 Å². The molecule has 0 radical (unpaired) electrons. The van der Waals surface area contributed by atoms with Gasteiger partial charge in [-0.1, -0.05) is 0 Å². The molecule has 1 aromatic carbocycles. The van der Waals surface area contributed by atoms with E-state index >= 15 is 0 Å². The number of halogens is 1. The Hall–Kier alpha value is -1.91. The quantitative estimate of drug-likeness (QED) is 0.703. The van der Waals surface area contributed by atoms with Crippen LogP contribution in [-0.4, -0.2) is 45.1 Å². The molecule has 0 bridgehead atoms. The highest BCUT2D eigenvalue weighted by atomic mass is 79.9. The fourth-order valence-corrected chi connectivity index (χ4v) is 6.55. The van der Waals surface area contributed by atoms with Crippen molar-refractivity contribution < 1.29 is 18.0 Å². The van der Waals surface area contributed by atoms with Crippen molar-refractivity contribution in [2.75, 3.05) is 28.0 Å². The molecule has 2 saturated heterocycles. The van der Waals surface area contributed by atoms with Gasteiger partial charge in [0.1, 0.15) is 0 Å². The molecule has 0 spiro atoms. The van der Waals surface area contributed by atoms with Gasteiger partial charge in [-0.25, -0.2) is 8.42 Å². The van der Waals surface area contributed by atoms with Crippen molar-refractivity contribution in [2.45, 2.75) is 25.3 Å². The highest BCUT2D eigenvalue weighted by molar-refractivity contribution is 9.11. The molecule has 2 aliphatic heterocycles. The number of benzene rings is 1. The van der Waals surface area contributed by atoms with Crippen molar-refractivity contribution in [1.82, 2.24) is 5.32 Å². The van der Waals surface area contributed by atoms with E-state index in [0.29, 0.717) is 35.8 Å². The summed E-state index contributed by atoms with van der Waals surface area (Å²) < 4.78 is 26.8. The van der Waals surface area contributed by atoms with Gasteiger partial charge < -0.3 is 10.2 Å². The van der Waals surface area contributed by atoms with Gasteiger partial charge in [-0.15, -0.1) is 11.3 Å². The highest BCUT2D eigenvalue weighted by Gasteiger charge is 2.32. The predicted molar refractivity (Wildman–Crippen MR) is 117 cm³/mol. The Balaban J connectivity index is 1.43. The average molecular weight is 498 g/mol. The van der Waals surface area contributed by atoms with E-state index in [-0.39, 0.29) is 30.0 Å². The van der Waals surface area contributed by atoms with E-state index in [4.69, 9.17) is 0 Å². The van der Waals surface area contributed by atoms with E-state index in [1.165, 1.54) is 15.6 Å². The first kappa shape index (κ1) is 20.4. The Morgan fingerprint density at radius 2 is 1.83 bits per heavy atom. The largest absolute Gasteiger partial charge is 0.346 e. The Morgan fingerprint density at radius 3 is 2.48 bits per heavy atom. The summed E-state index contributed by atoms with van der Waals surface area (Å²) >= 11 is 4.68. The van der Waals surface area contributed by atoms with E-state index in [9.17, 15) is 18.0 Å². The molecule has 154 valence electrons. The molecule has 1 aromatic heterocycles. The number of hydrogen-bond donors (Lipinski definition) is 1. The molecule has 3 heterocycles. The summed E-state index contributed by atoms with van der Waals surface area (Å²) in [5.41, 5.74) is 1.32. The molecule has 1 N–H and O–H groups in total. The van der Waals surface area contributed by atoms with Crippen molar-refractivity contribution in [1.29, 1.82) is 0 Å². The lowest BCUT2D eigenvalue weighted by atomic mass is 10.2. The lowest BCUT2D eigenvalue weighted by Gasteiger charge is -2.28. The van der Waals surface area contributed by atoms with E-state index in [2.05, 4.69) is 21.2 Å². The summed E-state index contributed by atoms with van der Waals surface area (Å²) in [6, 6.07) is 10.3. The number of hydrogen-bond acceptors (Lipinski definition) is 5. The van der Waals surface area contributed by atoms with Gasteiger partial charge in [-0.3, -0.25) is 13.9 Å². The Bertz CT molecular complexity index is 1040. The Morgan fingerprint density at radius 1 is 1.10 bits per heavy atom. The predicted octanol–water partition coefficient (Wildman–Crippen LogP) is 2.98. The second-order valence-electron chi connectivity index (χ2n) is 7.09. The Labute approximate surface area is 181 Å². The standard InChI is InChI=1S/C19H20BrN3O4S2/c20-17-8-7-16(28-17)19(25)21-13-11-18(24)22(12-13)14-3-5-15(6-4-14)23-9-1-2-10-29(23,26)27/h3-8,13H,1-2,9-12H2,(H,21,25)/t13-/m1/s1. The van der Waals surface area contributed by atoms with Crippen LogP contribution in [0.2, 0.25) is 0 Å². The van der Waals surface area contributed by atoms with Gasteiger partial charge >= 0.3 is 0 Å². The fourth-order valence-electron chi connectivity index (χ4n) is 3.62. The van der Waals surface area contributed by atoms with Crippen LogP contribution in [-0.2, 0) is 14.8 Å². The highest BCUT2D eigenvalue weighted by Crippen LogP contribution is 2.28. The van der Waals surface area contributed by atoms with E-state index in [1.54, 1.807) is 35.2 Å². The monoisotopic (exact) mass is 497 g/mol. The maximum absolute atomic E-state index is 12.5. The third-order valence-corrected chi connectivity index (χ3v) is 8.55. The number of rotatable bonds is 4. The lowest BCUT2D eigenvalue weighted by Crippen LogP contribution is -2.38. The third-order valence-electron chi connectivity index (χ3n) is 5.06. The molecule has 0 aliphatic carbocycles. The maximum Gasteiger partial charge on any atom is 0.261 e. The molecule has 10 heteroatoms. The second kappa shape index (κ2) is 8.08. The van der Waals surface area contributed by atoms with Crippen LogP contribution in [0.15, 0.2) is 40.2 Å². The first-order valence-corrected chi connectivity index (χ1v) is 12.5. The topological polar surface area (TPSA) is 86.8 Å². The van der Waals surface area contributed by atoms with Crippen molar-refractivity contribution in [3.63, 3.8) is 0 Å². The molecular formula is C19H20BrN3O4S2. The first-order chi connectivity index (χ1) is 13.8. The SMILES string of the molecule is O=C(N[C@@H]1CC(=O)N(c2ccc(N3CCCCS3(=O)=O)cc2)C1)c1ccc(Br)s1. The van der Waals surface area contributed by atoms with Gasteiger partial charge in [0.2, 0.25) is 15.9 Å². The number of nitrogens with one attached hydrogen (secondary N) is 1. The van der Waals surface area contributed by atoms with Crippen molar-refractivity contribution in [3.05, 3.63) is 45.1 Å². The molecule has 29 heavy (non-hydrogen) atoms. The van der Waals surface area contributed by atoms with Crippen LogP contribution in [0.25, 0.3) is 0 Å². The second-order valence-corrected chi connectivity index (χ2v) is 11.6. The molecular weight excluding hydrogens is 478 g/mol. The maximum atomic E-state index is 12.5. The van der Waals surface area contributed by atoms with Gasteiger partial charge in [0.05, 0.1) is 26.1 Å². The zero-order valence-electron chi connectivity index (χ0n) is 15.5. The van der Waals surface area contributed by atoms with Crippen molar-refractivity contribution in [3.8, 4) is 0 Å². The van der Waals surface area contributed by atoms with Crippen LogP contribution >= 0.6 is 27.3 Å². The fraction of sp³-hybridized carbons (Fsp3) is 0.368. The molecule has 0 saturated carbocycles. The average Bonchev–Trinajstić information content (AvgIpc) is 3.27.